The summed E-state index contributed by atoms with van der Waals surface area (Å²) in [5.41, 5.74) is 1.77. The van der Waals surface area contributed by atoms with E-state index in [1.165, 1.54) is 0 Å². The number of carbonyl (C=O) groups excluding carboxylic acids is 1. The van der Waals surface area contributed by atoms with Crippen LogP contribution in [0.3, 0.4) is 0 Å². The molecule has 23 heavy (non-hydrogen) atoms. The Hall–Kier alpha value is -1.51. The maximum absolute atomic E-state index is 12.0. The summed E-state index contributed by atoms with van der Waals surface area (Å²) in [6.45, 7) is 11.6. The highest BCUT2D eigenvalue weighted by Gasteiger charge is 2.16. The quantitative estimate of drug-likeness (QED) is 0.402. The standard InChI is InChI=1S/C20H32O3/c1-6-8-10-22-19-14-20(23-11-9-7-2)18(16(5)21)13-17(19)12-15(3)4/h13-15H,6-12H2,1-5H3. The van der Waals surface area contributed by atoms with Crippen molar-refractivity contribution in [2.75, 3.05) is 13.2 Å². The average Bonchev–Trinajstić information content (AvgIpc) is 2.49. The molecule has 0 atom stereocenters. The molecule has 1 aromatic rings. The van der Waals surface area contributed by atoms with Crippen LogP contribution in [0.5, 0.6) is 11.5 Å². The summed E-state index contributed by atoms with van der Waals surface area (Å²) in [4.78, 5) is 12.0. The van der Waals surface area contributed by atoms with E-state index in [1.807, 2.05) is 12.1 Å². The molecule has 0 aliphatic rings. The van der Waals surface area contributed by atoms with Gasteiger partial charge in [0.1, 0.15) is 11.5 Å². The molecule has 3 heteroatoms. The molecule has 3 nitrogen and oxygen atoms in total. The second-order valence-corrected chi connectivity index (χ2v) is 6.51. The van der Waals surface area contributed by atoms with Crippen LogP contribution in [0.25, 0.3) is 0 Å². The van der Waals surface area contributed by atoms with Gasteiger partial charge in [-0.05, 0) is 43.7 Å². The fourth-order valence-corrected chi connectivity index (χ4v) is 2.39. The highest BCUT2D eigenvalue weighted by atomic mass is 16.5. The number of Topliss-reactive ketones (excluding diaryl/α,β-unsaturated/α-hetero) is 1. The van der Waals surface area contributed by atoms with Gasteiger partial charge in [0.2, 0.25) is 0 Å². The molecule has 1 aromatic carbocycles. The van der Waals surface area contributed by atoms with Crippen molar-refractivity contribution in [3.05, 3.63) is 23.3 Å². The third-order valence-corrected chi connectivity index (χ3v) is 3.68. The molecule has 0 radical (unpaired) electrons. The number of unbranched alkanes of at least 4 members (excludes halogenated alkanes) is 2. The average molecular weight is 320 g/mol. The van der Waals surface area contributed by atoms with E-state index in [0.29, 0.717) is 30.4 Å². The zero-order valence-corrected chi connectivity index (χ0v) is 15.4. The molecule has 0 amide bonds. The van der Waals surface area contributed by atoms with Crippen LogP contribution in [0.2, 0.25) is 0 Å². The molecule has 0 heterocycles. The predicted molar refractivity (Wildman–Crippen MR) is 95.8 cm³/mol. The Labute approximate surface area is 141 Å². The highest BCUT2D eigenvalue weighted by molar-refractivity contribution is 5.97. The highest BCUT2D eigenvalue weighted by Crippen LogP contribution is 2.32. The first-order valence-corrected chi connectivity index (χ1v) is 8.93. The SMILES string of the molecule is CCCCOc1cc(OCCCC)c(C(C)=O)cc1CC(C)C. The Kier molecular flexibility index (Phi) is 8.75. The molecule has 0 fully saturated rings. The van der Waals surface area contributed by atoms with Gasteiger partial charge in [-0.3, -0.25) is 4.79 Å². The van der Waals surface area contributed by atoms with Gasteiger partial charge in [-0.25, -0.2) is 0 Å². The third-order valence-electron chi connectivity index (χ3n) is 3.68. The number of hydrogen-bond donors (Lipinski definition) is 0. The largest absolute Gasteiger partial charge is 0.493 e. The first-order valence-electron chi connectivity index (χ1n) is 8.93. The molecule has 130 valence electrons. The van der Waals surface area contributed by atoms with Crippen molar-refractivity contribution in [3.63, 3.8) is 0 Å². The van der Waals surface area contributed by atoms with Crippen molar-refractivity contribution in [1.82, 2.24) is 0 Å². The van der Waals surface area contributed by atoms with Crippen LogP contribution < -0.4 is 9.47 Å². The molecule has 0 spiro atoms. The Morgan fingerprint density at radius 2 is 1.57 bits per heavy atom. The molecule has 0 aromatic heterocycles. The van der Waals surface area contributed by atoms with E-state index in [0.717, 1.165) is 43.4 Å². The molecule has 0 N–H and O–H groups in total. The lowest BCUT2D eigenvalue weighted by molar-refractivity contribution is 0.101. The number of carbonyl (C=O) groups is 1. The maximum Gasteiger partial charge on any atom is 0.163 e. The van der Waals surface area contributed by atoms with Crippen molar-refractivity contribution < 1.29 is 14.3 Å². The van der Waals surface area contributed by atoms with Crippen molar-refractivity contribution in [2.24, 2.45) is 5.92 Å². The first kappa shape index (κ1) is 19.5. The number of ketones is 1. The first-order chi connectivity index (χ1) is 11.0. The van der Waals surface area contributed by atoms with Gasteiger partial charge in [0.05, 0.1) is 18.8 Å². The molecule has 0 aliphatic carbocycles. The van der Waals surface area contributed by atoms with E-state index in [9.17, 15) is 4.79 Å². The van der Waals surface area contributed by atoms with Gasteiger partial charge in [-0.15, -0.1) is 0 Å². The lowest BCUT2D eigenvalue weighted by atomic mass is 9.98. The fourth-order valence-electron chi connectivity index (χ4n) is 2.39. The van der Waals surface area contributed by atoms with Crippen molar-refractivity contribution >= 4 is 5.78 Å². The van der Waals surface area contributed by atoms with Gasteiger partial charge in [-0.2, -0.15) is 0 Å². The molecule has 0 saturated heterocycles. The Balaban J connectivity index is 3.10. The Bertz CT molecular complexity index is 492. The smallest absolute Gasteiger partial charge is 0.163 e. The summed E-state index contributed by atoms with van der Waals surface area (Å²) in [6.07, 6.45) is 5.08. The summed E-state index contributed by atoms with van der Waals surface area (Å²) in [7, 11) is 0. The van der Waals surface area contributed by atoms with Crippen LogP contribution >= 0.6 is 0 Å². The van der Waals surface area contributed by atoms with Gasteiger partial charge < -0.3 is 9.47 Å². The topological polar surface area (TPSA) is 35.5 Å². The van der Waals surface area contributed by atoms with E-state index in [1.54, 1.807) is 6.92 Å². The van der Waals surface area contributed by atoms with E-state index in [4.69, 9.17) is 9.47 Å². The minimum atomic E-state index is 0.0432. The van der Waals surface area contributed by atoms with Gasteiger partial charge in [0.15, 0.2) is 5.78 Å². The van der Waals surface area contributed by atoms with Gasteiger partial charge in [0.25, 0.3) is 0 Å². The number of rotatable bonds is 11. The molecule has 0 unspecified atom stereocenters. The van der Waals surface area contributed by atoms with Crippen molar-refractivity contribution in [2.45, 2.75) is 66.7 Å². The summed E-state index contributed by atoms with van der Waals surface area (Å²) >= 11 is 0. The summed E-state index contributed by atoms with van der Waals surface area (Å²) < 4.78 is 11.8. The molecular weight excluding hydrogens is 288 g/mol. The van der Waals surface area contributed by atoms with Crippen LogP contribution in [0, 0.1) is 5.92 Å². The molecule has 0 saturated carbocycles. The van der Waals surface area contributed by atoms with Gasteiger partial charge in [-0.1, -0.05) is 40.5 Å². The van der Waals surface area contributed by atoms with E-state index in [-0.39, 0.29) is 5.78 Å². The number of benzene rings is 1. The molecular formula is C20H32O3. The summed E-state index contributed by atoms with van der Waals surface area (Å²) in [6, 6.07) is 3.88. The number of hydrogen-bond acceptors (Lipinski definition) is 3. The van der Waals surface area contributed by atoms with Crippen LogP contribution in [-0.4, -0.2) is 19.0 Å². The third kappa shape index (κ3) is 6.64. The van der Waals surface area contributed by atoms with Crippen molar-refractivity contribution in [3.8, 4) is 11.5 Å². The van der Waals surface area contributed by atoms with Crippen LogP contribution in [-0.2, 0) is 6.42 Å². The molecule has 0 bridgehead atoms. The maximum atomic E-state index is 12.0. The summed E-state index contributed by atoms with van der Waals surface area (Å²) in [5.74, 6) is 2.07. The van der Waals surface area contributed by atoms with Gasteiger partial charge >= 0.3 is 0 Å². The van der Waals surface area contributed by atoms with Crippen molar-refractivity contribution in [1.29, 1.82) is 0 Å². The minimum Gasteiger partial charge on any atom is -0.493 e. The van der Waals surface area contributed by atoms with E-state index in [2.05, 4.69) is 27.7 Å². The Morgan fingerprint density at radius 3 is 2.04 bits per heavy atom. The summed E-state index contributed by atoms with van der Waals surface area (Å²) in [5, 5.41) is 0. The number of ether oxygens (including phenoxy) is 2. The monoisotopic (exact) mass is 320 g/mol. The van der Waals surface area contributed by atoms with Crippen LogP contribution in [0.1, 0.15) is 76.2 Å². The lowest BCUT2D eigenvalue weighted by Gasteiger charge is -2.17. The normalized spacial score (nSPS) is 10.9. The molecule has 1 rings (SSSR count). The second kappa shape index (κ2) is 10.3. The minimum absolute atomic E-state index is 0.0432. The predicted octanol–water partition coefficient (Wildman–Crippen LogP) is 5.45. The van der Waals surface area contributed by atoms with E-state index < -0.39 is 0 Å². The van der Waals surface area contributed by atoms with Crippen LogP contribution in [0.4, 0.5) is 0 Å². The van der Waals surface area contributed by atoms with E-state index >= 15 is 0 Å². The zero-order chi connectivity index (χ0) is 17.2. The lowest BCUT2D eigenvalue weighted by Crippen LogP contribution is -2.08. The molecule has 0 aliphatic heterocycles. The van der Waals surface area contributed by atoms with Crippen LogP contribution in [0.15, 0.2) is 12.1 Å². The fraction of sp³-hybridized carbons (Fsp3) is 0.650. The Morgan fingerprint density at radius 1 is 1.00 bits per heavy atom. The zero-order valence-electron chi connectivity index (χ0n) is 15.4. The second-order valence-electron chi connectivity index (χ2n) is 6.51. The van der Waals surface area contributed by atoms with Gasteiger partial charge in [0, 0.05) is 6.07 Å².